The number of carbonyl (C=O) groups is 2. The molecule has 2 atom stereocenters. The molecule has 0 spiro atoms. The summed E-state index contributed by atoms with van der Waals surface area (Å²) in [5.74, 6) is -0.123. The standard InChI is InChI=1S/C25H32N2O4/c1-18(19-9-11-20(12-10-19)24(29)30)26-23(28)22-17-25(2,3)13-14-27(22)15-16-31-21-7-5-4-6-8-21/h4-12,18,22H,13-17H2,1-3H3,(H,26,28)(H,29,30)/t18-,22+/m0/s1. The van der Waals surface area contributed by atoms with E-state index in [2.05, 4.69) is 24.1 Å². The van der Waals surface area contributed by atoms with E-state index < -0.39 is 5.97 Å². The highest BCUT2D eigenvalue weighted by Gasteiger charge is 2.37. The number of carboxylic acid groups (broad SMARTS) is 1. The molecule has 0 aromatic heterocycles. The Kier molecular flexibility index (Phi) is 7.33. The number of ether oxygens (including phenoxy) is 1. The molecule has 1 heterocycles. The number of amides is 1. The number of benzene rings is 2. The maximum absolute atomic E-state index is 13.2. The van der Waals surface area contributed by atoms with Gasteiger partial charge in [0.05, 0.1) is 17.6 Å². The smallest absolute Gasteiger partial charge is 0.335 e. The van der Waals surface area contributed by atoms with E-state index >= 15 is 0 Å². The number of piperidine rings is 1. The third-order valence-corrected chi connectivity index (χ3v) is 5.97. The second-order valence-electron chi connectivity index (χ2n) is 8.99. The van der Waals surface area contributed by atoms with E-state index in [0.29, 0.717) is 13.2 Å². The van der Waals surface area contributed by atoms with Gasteiger partial charge in [-0.2, -0.15) is 0 Å². The zero-order chi connectivity index (χ0) is 22.4. The number of hydrogen-bond donors (Lipinski definition) is 2. The first-order valence-corrected chi connectivity index (χ1v) is 10.8. The summed E-state index contributed by atoms with van der Waals surface area (Å²) in [7, 11) is 0. The van der Waals surface area contributed by atoms with Crippen LogP contribution >= 0.6 is 0 Å². The molecule has 0 bridgehead atoms. The third kappa shape index (κ3) is 6.31. The van der Waals surface area contributed by atoms with Crippen molar-refractivity contribution in [3.63, 3.8) is 0 Å². The Morgan fingerprint density at radius 2 is 1.84 bits per heavy atom. The van der Waals surface area contributed by atoms with Crippen LogP contribution in [0.3, 0.4) is 0 Å². The second kappa shape index (κ2) is 9.96. The lowest BCUT2D eigenvalue weighted by Gasteiger charge is -2.42. The zero-order valence-corrected chi connectivity index (χ0v) is 18.5. The van der Waals surface area contributed by atoms with Gasteiger partial charge in [-0.15, -0.1) is 0 Å². The molecule has 1 fully saturated rings. The number of nitrogens with zero attached hydrogens (tertiary/aromatic N) is 1. The molecular formula is C25H32N2O4. The lowest BCUT2D eigenvalue weighted by atomic mass is 9.78. The molecule has 0 aliphatic carbocycles. The van der Waals surface area contributed by atoms with Gasteiger partial charge in [0.1, 0.15) is 12.4 Å². The fourth-order valence-corrected chi connectivity index (χ4v) is 3.99. The van der Waals surface area contributed by atoms with Crippen LogP contribution < -0.4 is 10.1 Å². The Morgan fingerprint density at radius 1 is 1.16 bits per heavy atom. The first-order chi connectivity index (χ1) is 14.7. The predicted octanol–water partition coefficient (Wildman–Crippen LogP) is 4.13. The Hall–Kier alpha value is -2.86. The summed E-state index contributed by atoms with van der Waals surface area (Å²) in [5.41, 5.74) is 1.22. The van der Waals surface area contributed by atoms with E-state index in [0.717, 1.165) is 30.7 Å². The van der Waals surface area contributed by atoms with Gasteiger partial charge >= 0.3 is 5.97 Å². The second-order valence-corrected chi connectivity index (χ2v) is 8.99. The summed E-state index contributed by atoms with van der Waals surface area (Å²) in [6.07, 6.45) is 1.82. The SMILES string of the molecule is C[C@H](NC(=O)[C@H]1CC(C)(C)CCN1CCOc1ccccc1)c1ccc(C(=O)O)cc1. The molecule has 1 saturated heterocycles. The first kappa shape index (κ1) is 22.8. The van der Waals surface area contributed by atoms with E-state index in [1.165, 1.54) is 0 Å². The van der Waals surface area contributed by atoms with Crippen LogP contribution in [0.25, 0.3) is 0 Å². The van der Waals surface area contributed by atoms with Crippen molar-refractivity contribution in [2.45, 2.75) is 45.7 Å². The van der Waals surface area contributed by atoms with Crippen LogP contribution in [-0.4, -0.2) is 47.6 Å². The average Bonchev–Trinajstić information content (AvgIpc) is 2.75. The molecule has 2 aromatic rings. The molecule has 2 N–H and O–H groups in total. The van der Waals surface area contributed by atoms with Crippen molar-refractivity contribution in [3.05, 3.63) is 65.7 Å². The summed E-state index contributed by atoms with van der Waals surface area (Å²) >= 11 is 0. The Bertz CT molecular complexity index is 880. The number of nitrogens with one attached hydrogen (secondary N) is 1. The highest BCUT2D eigenvalue weighted by Crippen LogP contribution is 2.34. The quantitative estimate of drug-likeness (QED) is 0.666. The predicted molar refractivity (Wildman–Crippen MR) is 120 cm³/mol. The van der Waals surface area contributed by atoms with Crippen molar-refractivity contribution in [2.75, 3.05) is 19.7 Å². The maximum atomic E-state index is 13.2. The molecule has 6 heteroatoms. The van der Waals surface area contributed by atoms with Crippen LogP contribution in [-0.2, 0) is 4.79 Å². The van der Waals surface area contributed by atoms with Crippen molar-refractivity contribution < 1.29 is 19.4 Å². The molecule has 31 heavy (non-hydrogen) atoms. The molecule has 166 valence electrons. The third-order valence-electron chi connectivity index (χ3n) is 5.97. The van der Waals surface area contributed by atoms with Gasteiger partial charge in [-0.1, -0.05) is 44.2 Å². The van der Waals surface area contributed by atoms with Crippen molar-refractivity contribution in [1.29, 1.82) is 0 Å². The Balaban J connectivity index is 1.62. The fourth-order valence-electron chi connectivity index (χ4n) is 3.99. The lowest BCUT2D eigenvalue weighted by Crippen LogP contribution is -2.54. The molecule has 6 nitrogen and oxygen atoms in total. The summed E-state index contributed by atoms with van der Waals surface area (Å²) in [6.45, 7) is 8.40. The minimum absolute atomic E-state index is 0.00213. The van der Waals surface area contributed by atoms with Gasteiger partial charge in [0, 0.05) is 6.54 Å². The van der Waals surface area contributed by atoms with Crippen LogP contribution in [0.2, 0.25) is 0 Å². The molecule has 0 unspecified atom stereocenters. The van der Waals surface area contributed by atoms with Crippen LogP contribution in [0.1, 0.15) is 55.6 Å². The summed E-state index contributed by atoms with van der Waals surface area (Å²) < 4.78 is 5.85. The average molecular weight is 425 g/mol. The van der Waals surface area contributed by atoms with Gasteiger partial charge in [-0.3, -0.25) is 9.69 Å². The molecule has 1 aliphatic heterocycles. The van der Waals surface area contributed by atoms with Gasteiger partial charge in [0.2, 0.25) is 5.91 Å². The monoisotopic (exact) mass is 424 g/mol. The van der Waals surface area contributed by atoms with Crippen molar-refractivity contribution >= 4 is 11.9 Å². The van der Waals surface area contributed by atoms with Gasteiger partial charge in [0.25, 0.3) is 0 Å². The number of hydrogen-bond acceptors (Lipinski definition) is 4. The van der Waals surface area contributed by atoms with Gasteiger partial charge in [0.15, 0.2) is 0 Å². The number of rotatable bonds is 8. The highest BCUT2D eigenvalue weighted by molar-refractivity contribution is 5.87. The van der Waals surface area contributed by atoms with Crippen LogP contribution in [0, 0.1) is 5.41 Å². The first-order valence-electron chi connectivity index (χ1n) is 10.8. The van der Waals surface area contributed by atoms with E-state index in [-0.39, 0.29) is 29.0 Å². The van der Waals surface area contributed by atoms with Crippen LogP contribution in [0.4, 0.5) is 0 Å². The molecule has 2 aromatic carbocycles. The van der Waals surface area contributed by atoms with E-state index in [1.54, 1.807) is 24.3 Å². The van der Waals surface area contributed by atoms with Crippen molar-refractivity contribution in [2.24, 2.45) is 5.41 Å². The largest absolute Gasteiger partial charge is 0.492 e. The Morgan fingerprint density at radius 3 is 2.48 bits per heavy atom. The number of aromatic carboxylic acids is 1. The molecular weight excluding hydrogens is 392 g/mol. The van der Waals surface area contributed by atoms with E-state index in [4.69, 9.17) is 9.84 Å². The molecule has 3 rings (SSSR count). The van der Waals surface area contributed by atoms with Gasteiger partial charge in [-0.25, -0.2) is 4.79 Å². The molecule has 0 radical (unpaired) electrons. The van der Waals surface area contributed by atoms with E-state index in [9.17, 15) is 9.59 Å². The number of para-hydroxylation sites is 1. The number of carbonyl (C=O) groups excluding carboxylic acids is 1. The maximum Gasteiger partial charge on any atom is 0.335 e. The van der Waals surface area contributed by atoms with Crippen molar-refractivity contribution in [3.8, 4) is 5.75 Å². The highest BCUT2D eigenvalue weighted by atomic mass is 16.5. The lowest BCUT2D eigenvalue weighted by molar-refractivity contribution is -0.130. The van der Waals surface area contributed by atoms with Crippen molar-refractivity contribution in [1.82, 2.24) is 10.2 Å². The summed E-state index contributed by atoms with van der Waals surface area (Å²) in [4.78, 5) is 26.5. The van der Waals surface area contributed by atoms with Crippen LogP contribution in [0.15, 0.2) is 54.6 Å². The molecule has 1 amide bonds. The number of likely N-dealkylation sites (tertiary alicyclic amines) is 1. The topological polar surface area (TPSA) is 78.9 Å². The normalized spacial score (nSPS) is 19.4. The summed E-state index contributed by atoms with van der Waals surface area (Å²) in [6, 6.07) is 15.9. The molecule has 0 saturated carbocycles. The summed E-state index contributed by atoms with van der Waals surface area (Å²) in [5, 5.41) is 12.2. The van der Waals surface area contributed by atoms with Gasteiger partial charge in [-0.05, 0) is 61.6 Å². The molecule has 1 aliphatic rings. The van der Waals surface area contributed by atoms with Crippen LogP contribution in [0.5, 0.6) is 5.75 Å². The fraction of sp³-hybridized carbons (Fsp3) is 0.440. The zero-order valence-electron chi connectivity index (χ0n) is 18.5. The Labute approximate surface area is 184 Å². The van der Waals surface area contributed by atoms with Gasteiger partial charge < -0.3 is 15.2 Å². The minimum atomic E-state index is -0.957. The number of carboxylic acids is 1. The minimum Gasteiger partial charge on any atom is -0.492 e. The van der Waals surface area contributed by atoms with E-state index in [1.807, 2.05) is 37.3 Å².